The fourth-order valence-electron chi connectivity index (χ4n) is 3.05. The van der Waals surface area contributed by atoms with Crippen LogP contribution in [-0.4, -0.2) is 62.3 Å². The highest BCUT2D eigenvalue weighted by molar-refractivity contribution is 5.75. The van der Waals surface area contributed by atoms with E-state index in [0.29, 0.717) is 12.5 Å². The SMILES string of the molecule is COc1ccccc1N1CCC(CNC(=O)N(C)CC(C)C(=O)O)C1. The van der Waals surface area contributed by atoms with Gasteiger partial charge in [-0.15, -0.1) is 0 Å². The van der Waals surface area contributed by atoms with Crippen molar-refractivity contribution in [3.63, 3.8) is 0 Å². The first-order valence-electron chi connectivity index (χ1n) is 8.52. The number of carboxylic acids is 1. The number of urea groups is 1. The van der Waals surface area contributed by atoms with Gasteiger partial charge in [0.25, 0.3) is 0 Å². The lowest BCUT2D eigenvalue weighted by Crippen LogP contribution is -2.42. The van der Waals surface area contributed by atoms with E-state index < -0.39 is 11.9 Å². The standard InChI is InChI=1S/C18H27N3O4/c1-13(17(22)23)11-20(2)18(24)19-10-14-8-9-21(12-14)15-6-4-5-7-16(15)25-3/h4-7,13-14H,8-12H2,1-3H3,(H,19,24)(H,22,23). The second kappa shape index (κ2) is 8.60. The fourth-order valence-corrected chi connectivity index (χ4v) is 3.05. The Morgan fingerprint density at radius 3 is 2.84 bits per heavy atom. The van der Waals surface area contributed by atoms with E-state index >= 15 is 0 Å². The number of aliphatic carboxylic acids is 1. The number of rotatable bonds is 7. The normalized spacial score (nSPS) is 17.9. The summed E-state index contributed by atoms with van der Waals surface area (Å²) in [5.41, 5.74) is 1.08. The van der Waals surface area contributed by atoms with E-state index in [-0.39, 0.29) is 12.6 Å². The van der Waals surface area contributed by atoms with E-state index in [0.717, 1.165) is 30.9 Å². The molecule has 1 aliphatic heterocycles. The molecule has 1 aliphatic rings. The van der Waals surface area contributed by atoms with Crippen molar-refractivity contribution in [1.82, 2.24) is 10.2 Å². The second-order valence-electron chi connectivity index (χ2n) is 6.58. The first-order valence-corrected chi connectivity index (χ1v) is 8.52. The van der Waals surface area contributed by atoms with E-state index in [2.05, 4.69) is 10.2 Å². The molecule has 0 radical (unpaired) electrons. The lowest BCUT2D eigenvalue weighted by Gasteiger charge is -2.22. The highest BCUT2D eigenvalue weighted by atomic mass is 16.5. The summed E-state index contributed by atoms with van der Waals surface area (Å²) in [5, 5.41) is 11.8. The first-order chi connectivity index (χ1) is 11.9. The molecule has 1 fully saturated rings. The van der Waals surface area contributed by atoms with Crippen LogP contribution in [0, 0.1) is 11.8 Å². The average Bonchev–Trinajstić information content (AvgIpc) is 3.08. The molecule has 1 heterocycles. The van der Waals surface area contributed by atoms with E-state index in [1.165, 1.54) is 4.90 Å². The Labute approximate surface area is 148 Å². The van der Waals surface area contributed by atoms with Gasteiger partial charge in [0.1, 0.15) is 5.75 Å². The Morgan fingerprint density at radius 1 is 1.44 bits per heavy atom. The van der Waals surface area contributed by atoms with E-state index in [1.807, 2.05) is 24.3 Å². The zero-order valence-corrected chi connectivity index (χ0v) is 15.1. The fraction of sp³-hybridized carbons (Fsp3) is 0.556. The number of carbonyl (C=O) groups is 2. The molecule has 7 nitrogen and oxygen atoms in total. The summed E-state index contributed by atoms with van der Waals surface area (Å²) < 4.78 is 5.41. The number of methoxy groups -OCH3 is 1. The second-order valence-corrected chi connectivity index (χ2v) is 6.58. The van der Waals surface area contributed by atoms with Crippen LogP contribution in [0.3, 0.4) is 0 Å². The van der Waals surface area contributed by atoms with Gasteiger partial charge in [-0.25, -0.2) is 4.79 Å². The molecule has 0 bridgehead atoms. The molecule has 2 atom stereocenters. The van der Waals surface area contributed by atoms with E-state index in [4.69, 9.17) is 9.84 Å². The molecule has 0 saturated carbocycles. The molecule has 0 aromatic heterocycles. The molecular weight excluding hydrogens is 322 g/mol. The van der Waals surface area contributed by atoms with E-state index in [1.54, 1.807) is 21.1 Å². The molecule has 2 amide bonds. The highest BCUT2D eigenvalue weighted by Crippen LogP contribution is 2.31. The van der Waals surface area contributed by atoms with Crippen LogP contribution in [0.1, 0.15) is 13.3 Å². The highest BCUT2D eigenvalue weighted by Gasteiger charge is 2.25. The van der Waals surface area contributed by atoms with Crippen molar-refractivity contribution >= 4 is 17.7 Å². The van der Waals surface area contributed by atoms with Crippen LogP contribution in [0.15, 0.2) is 24.3 Å². The number of hydrogen-bond acceptors (Lipinski definition) is 4. The summed E-state index contributed by atoms with van der Waals surface area (Å²) in [6.45, 7) is 4.15. The number of nitrogens with one attached hydrogen (secondary N) is 1. The number of anilines is 1. The van der Waals surface area contributed by atoms with Crippen LogP contribution in [0.25, 0.3) is 0 Å². The quantitative estimate of drug-likeness (QED) is 0.785. The van der Waals surface area contributed by atoms with Gasteiger partial charge in [0.05, 0.1) is 18.7 Å². The summed E-state index contributed by atoms with van der Waals surface area (Å²) in [6.07, 6.45) is 0.994. The van der Waals surface area contributed by atoms with Gasteiger partial charge in [-0.3, -0.25) is 4.79 Å². The third kappa shape index (κ3) is 5.01. The molecule has 1 aromatic carbocycles. The minimum Gasteiger partial charge on any atom is -0.495 e. The minimum atomic E-state index is -0.900. The topological polar surface area (TPSA) is 82.1 Å². The van der Waals surface area contributed by atoms with Gasteiger partial charge in [-0.05, 0) is 24.5 Å². The number of hydrogen-bond donors (Lipinski definition) is 2. The maximum Gasteiger partial charge on any atom is 0.317 e. The van der Waals surface area contributed by atoms with Crippen LogP contribution < -0.4 is 15.0 Å². The predicted octanol–water partition coefficient (Wildman–Crippen LogP) is 1.88. The van der Waals surface area contributed by atoms with Crippen molar-refractivity contribution < 1.29 is 19.4 Å². The zero-order chi connectivity index (χ0) is 18.4. The summed E-state index contributed by atoms with van der Waals surface area (Å²) in [5.74, 6) is -0.264. The van der Waals surface area contributed by atoms with Crippen LogP contribution in [0.4, 0.5) is 10.5 Å². The molecule has 2 rings (SSSR count). The Morgan fingerprint density at radius 2 is 2.16 bits per heavy atom. The van der Waals surface area contributed by atoms with Crippen LogP contribution in [-0.2, 0) is 4.79 Å². The molecular formula is C18H27N3O4. The molecule has 0 aliphatic carbocycles. The predicted molar refractivity (Wildman–Crippen MR) is 96.1 cm³/mol. The van der Waals surface area contributed by atoms with Crippen molar-refractivity contribution in [2.45, 2.75) is 13.3 Å². The first kappa shape index (κ1) is 18.9. The summed E-state index contributed by atoms with van der Waals surface area (Å²) in [4.78, 5) is 26.7. The maximum atomic E-state index is 12.1. The van der Waals surface area contributed by atoms with Crippen molar-refractivity contribution in [2.75, 3.05) is 45.2 Å². The number of para-hydroxylation sites is 2. The van der Waals surface area contributed by atoms with Gasteiger partial charge in [-0.1, -0.05) is 19.1 Å². The molecule has 2 unspecified atom stereocenters. The molecule has 1 aromatic rings. The number of carbonyl (C=O) groups excluding carboxylic acids is 1. The van der Waals surface area contributed by atoms with Crippen molar-refractivity contribution in [2.24, 2.45) is 11.8 Å². The van der Waals surface area contributed by atoms with Crippen LogP contribution in [0.2, 0.25) is 0 Å². The summed E-state index contributed by atoms with van der Waals surface area (Å²) >= 11 is 0. The minimum absolute atomic E-state index is 0.194. The van der Waals surface area contributed by atoms with Crippen molar-refractivity contribution in [3.05, 3.63) is 24.3 Å². The third-order valence-electron chi connectivity index (χ3n) is 4.57. The Kier molecular flexibility index (Phi) is 6.50. The lowest BCUT2D eigenvalue weighted by molar-refractivity contribution is -0.141. The van der Waals surface area contributed by atoms with E-state index in [9.17, 15) is 9.59 Å². The number of ether oxygens (including phenoxy) is 1. The average molecular weight is 349 g/mol. The van der Waals surface area contributed by atoms with Gasteiger partial charge < -0.3 is 25.0 Å². The number of carboxylic acid groups (broad SMARTS) is 1. The van der Waals surface area contributed by atoms with Gasteiger partial charge in [0.15, 0.2) is 0 Å². The molecule has 0 spiro atoms. The summed E-state index contributed by atoms with van der Waals surface area (Å²) in [7, 11) is 3.28. The Hall–Kier alpha value is -2.44. The monoisotopic (exact) mass is 349 g/mol. The van der Waals surface area contributed by atoms with Crippen LogP contribution in [0.5, 0.6) is 5.75 Å². The van der Waals surface area contributed by atoms with Gasteiger partial charge in [0.2, 0.25) is 0 Å². The smallest absolute Gasteiger partial charge is 0.317 e. The van der Waals surface area contributed by atoms with Crippen molar-refractivity contribution in [1.29, 1.82) is 0 Å². The third-order valence-corrected chi connectivity index (χ3v) is 4.57. The Balaban J connectivity index is 1.81. The number of nitrogens with zero attached hydrogens (tertiary/aromatic N) is 2. The Bertz CT molecular complexity index is 608. The van der Waals surface area contributed by atoms with Crippen molar-refractivity contribution in [3.8, 4) is 5.75 Å². The van der Waals surface area contributed by atoms with Gasteiger partial charge in [-0.2, -0.15) is 0 Å². The summed E-state index contributed by atoms with van der Waals surface area (Å²) in [6, 6.07) is 7.70. The molecule has 25 heavy (non-hydrogen) atoms. The molecule has 2 N–H and O–H groups in total. The molecule has 1 saturated heterocycles. The van der Waals surface area contributed by atoms with Gasteiger partial charge in [0, 0.05) is 33.2 Å². The zero-order valence-electron chi connectivity index (χ0n) is 15.1. The molecule has 7 heteroatoms. The van der Waals surface area contributed by atoms with Crippen LogP contribution >= 0.6 is 0 Å². The maximum absolute atomic E-state index is 12.1. The largest absolute Gasteiger partial charge is 0.495 e. The molecule has 138 valence electrons. The number of benzene rings is 1. The lowest BCUT2D eigenvalue weighted by atomic mass is 10.1. The van der Waals surface area contributed by atoms with Gasteiger partial charge >= 0.3 is 12.0 Å². The number of amides is 2.